The first-order chi connectivity index (χ1) is 7.29. The standard InChI is InChI=1S/C14H27N/c1-3-12-8-9-15-14(10-12)13-6-4-11(2)5-7-13/h11-15H,3-10H2,1-2H3. The van der Waals surface area contributed by atoms with Crippen LogP contribution in [0, 0.1) is 17.8 Å². The molecule has 2 fully saturated rings. The van der Waals surface area contributed by atoms with Gasteiger partial charge < -0.3 is 5.32 Å². The van der Waals surface area contributed by atoms with Gasteiger partial charge in [-0.25, -0.2) is 0 Å². The van der Waals surface area contributed by atoms with E-state index >= 15 is 0 Å². The molecule has 1 N–H and O–H groups in total. The van der Waals surface area contributed by atoms with E-state index in [9.17, 15) is 0 Å². The Morgan fingerprint density at radius 2 is 1.80 bits per heavy atom. The average molecular weight is 209 g/mol. The average Bonchev–Trinajstić information content (AvgIpc) is 2.30. The van der Waals surface area contributed by atoms with E-state index in [4.69, 9.17) is 0 Å². The molecule has 0 bridgehead atoms. The number of piperidine rings is 1. The van der Waals surface area contributed by atoms with E-state index in [0.717, 1.165) is 23.8 Å². The van der Waals surface area contributed by atoms with Gasteiger partial charge in [-0.3, -0.25) is 0 Å². The van der Waals surface area contributed by atoms with Crippen LogP contribution in [0.3, 0.4) is 0 Å². The van der Waals surface area contributed by atoms with Gasteiger partial charge in [0, 0.05) is 6.04 Å². The van der Waals surface area contributed by atoms with Crippen LogP contribution in [0.1, 0.15) is 58.8 Å². The Morgan fingerprint density at radius 3 is 2.47 bits per heavy atom. The van der Waals surface area contributed by atoms with E-state index in [1.54, 1.807) is 0 Å². The lowest BCUT2D eigenvalue weighted by molar-refractivity contribution is 0.176. The summed E-state index contributed by atoms with van der Waals surface area (Å²) in [5.74, 6) is 3.00. The number of hydrogen-bond acceptors (Lipinski definition) is 1. The number of hydrogen-bond donors (Lipinski definition) is 1. The third kappa shape index (κ3) is 2.96. The minimum absolute atomic E-state index is 0.858. The van der Waals surface area contributed by atoms with Gasteiger partial charge in [0.15, 0.2) is 0 Å². The zero-order valence-electron chi connectivity index (χ0n) is 10.5. The monoisotopic (exact) mass is 209 g/mol. The fourth-order valence-corrected chi connectivity index (χ4v) is 3.45. The molecule has 2 unspecified atom stereocenters. The first-order valence-electron chi connectivity index (χ1n) is 7.03. The molecule has 15 heavy (non-hydrogen) atoms. The molecule has 0 radical (unpaired) electrons. The van der Waals surface area contributed by atoms with Gasteiger partial charge in [-0.15, -0.1) is 0 Å². The van der Waals surface area contributed by atoms with E-state index in [1.165, 1.54) is 51.5 Å². The van der Waals surface area contributed by atoms with Crippen LogP contribution in [-0.4, -0.2) is 12.6 Å². The second-order valence-electron chi connectivity index (χ2n) is 5.88. The summed E-state index contributed by atoms with van der Waals surface area (Å²) < 4.78 is 0. The summed E-state index contributed by atoms with van der Waals surface area (Å²) in [6.07, 6.45) is 10.2. The van der Waals surface area contributed by atoms with Gasteiger partial charge in [0.25, 0.3) is 0 Å². The zero-order valence-corrected chi connectivity index (χ0v) is 10.5. The lowest BCUT2D eigenvalue weighted by Crippen LogP contribution is -2.44. The quantitative estimate of drug-likeness (QED) is 0.733. The van der Waals surface area contributed by atoms with Crippen LogP contribution >= 0.6 is 0 Å². The van der Waals surface area contributed by atoms with Crippen molar-refractivity contribution in [3.8, 4) is 0 Å². The highest BCUT2D eigenvalue weighted by molar-refractivity contribution is 4.85. The van der Waals surface area contributed by atoms with Crippen molar-refractivity contribution in [1.29, 1.82) is 0 Å². The number of nitrogens with one attached hydrogen (secondary N) is 1. The Kier molecular flexibility index (Phi) is 4.07. The van der Waals surface area contributed by atoms with Gasteiger partial charge >= 0.3 is 0 Å². The summed E-state index contributed by atoms with van der Waals surface area (Å²) in [4.78, 5) is 0. The third-order valence-corrected chi connectivity index (χ3v) is 4.75. The SMILES string of the molecule is CCC1CCNC(C2CCC(C)CC2)C1. The molecule has 1 aliphatic heterocycles. The van der Waals surface area contributed by atoms with E-state index in [1.807, 2.05) is 0 Å². The maximum Gasteiger partial charge on any atom is 0.00979 e. The Hall–Kier alpha value is -0.0400. The summed E-state index contributed by atoms with van der Waals surface area (Å²) in [6, 6.07) is 0.858. The lowest BCUT2D eigenvalue weighted by atomic mass is 9.75. The summed E-state index contributed by atoms with van der Waals surface area (Å²) in [7, 11) is 0. The zero-order chi connectivity index (χ0) is 10.7. The van der Waals surface area contributed by atoms with E-state index in [-0.39, 0.29) is 0 Å². The minimum atomic E-state index is 0.858. The van der Waals surface area contributed by atoms with Crippen molar-refractivity contribution >= 4 is 0 Å². The largest absolute Gasteiger partial charge is 0.314 e. The maximum atomic E-state index is 3.77. The van der Waals surface area contributed by atoms with Crippen LogP contribution in [0.25, 0.3) is 0 Å². The van der Waals surface area contributed by atoms with Gasteiger partial charge in [-0.2, -0.15) is 0 Å². The molecular formula is C14H27N. The molecular weight excluding hydrogens is 182 g/mol. The van der Waals surface area contributed by atoms with E-state index in [2.05, 4.69) is 19.2 Å². The third-order valence-electron chi connectivity index (χ3n) is 4.75. The highest BCUT2D eigenvalue weighted by Crippen LogP contribution is 2.34. The fraction of sp³-hybridized carbons (Fsp3) is 1.00. The topological polar surface area (TPSA) is 12.0 Å². The number of rotatable bonds is 2. The van der Waals surface area contributed by atoms with Gasteiger partial charge in [0.2, 0.25) is 0 Å². The second-order valence-corrected chi connectivity index (χ2v) is 5.88. The van der Waals surface area contributed by atoms with Gasteiger partial charge in [0.1, 0.15) is 0 Å². The van der Waals surface area contributed by atoms with Crippen LogP contribution in [-0.2, 0) is 0 Å². The Morgan fingerprint density at radius 1 is 1.07 bits per heavy atom. The highest BCUT2D eigenvalue weighted by atomic mass is 14.9. The van der Waals surface area contributed by atoms with Crippen molar-refractivity contribution in [1.82, 2.24) is 5.32 Å². The molecule has 2 aliphatic rings. The molecule has 0 aromatic rings. The predicted octanol–water partition coefficient (Wildman–Crippen LogP) is 3.59. The van der Waals surface area contributed by atoms with Gasteiger partial charge in [-0.05, 0) is 50.0 Å². The molecule has 88 valence electrons. The van der Waals surface area contributed by atoms with Crippen LogP contribution in [0.5, 0.6) is 0 Å². The van der Waals surface area contributed by atoms with Gasteiger partial charge in [-0.1, -0.05) is 33.1 Å². The molecule has 1 nitrogen and oxygen atoms in total. The molecule has 1 aliphatic carbocycles. The summed E-state index contributed by atoms with van der Waals surface area (Å²) >= 11 is 0. The second kappa shape index (κ2) is 5.34. The first-order valence-corrected chi connectivity index (χ1v) is 7.03. The summed E-state index contributed by atoms with van der Waals surface area (Å²) in [5, 5.41) is 3.77. The smallest absolute Gasteiger partial charge is 0.00979 e. The van der Waals surface area contributed by atoms with Crippen LogP contribution in [0.4, 0.5) is 0 Å². The van der Waals surface area contributed by atoms with Crippen LogP contribution < -0.4 is 5.32 Å². The van der Waals surface area contributed by atoms with Crippen LogP contribution in [0.15, 0.2) is 0 Å². The van der Waals surface area contributed by atoms with Crippen molar-refractivity contribution in [2.45, 2.75) is 64.8 Å². The molecule has 1 heteroatoms. The van der Waals surface area contributed by atoms with Crippen molar-refractivity contribution in [2.75, 3.05) is 6.54 Å². The molecule has 2 rings (SSSR count). The minimum Gasteiger partial charge on any atom is -0.314 e. The molecule has 0 amide bonds. The summed E-state index contributed by atoms with van der Waals surface area (Å²) in [6.45, 7) is 6.05. The maximum absolute atomic E-state index is 3.77. The van der Waals surface area contributed by atoms with E-state index in [0.29, 0.717) is 0 Å². The van der Waals surface area contributed by atoms with Crippen molar-refractivity contribution in [2.24, 2.45) is 17.8 Å². The van der Waals surface area contributed by atoms with E-state index < -0.39 is 0 Å². The Labute approximate surface area is 95.0 Å². The molecule has 0 aromatic heterocycles. The molecule has 0 aromatic carbocycles. The normalized spacial score (nSPS) is 42.8. The molecule has 0 spiro atoms. The molecule has 2 atom stereocenters. The van der Waals surface area contributed by atoms with Crippen LogP contribution in [0.2, 0.25) is 0 Å². The molecule has 1 saturated carbocycles. The van der Waals surface area contributed by atoms with Gasteiger partial charge in [0.05, 0.1) is 0 Å². The molecule has 1 saturated heterocycles. The van der Waals surface area contributed by atoms with Crippen molar-refractivity contribution < 1.29 is 0 Å². The Balaban J connectivity index is 1.82. The Bertz CT molecular complexity index is 182. The predicted molar refractivity (Wildman–Crippen MR) is 65.9 cm³/mol. The first kappa shape index (κ1) is 11.4. The highest BCUT2D eigenvalue weighted by Gasteiger charge is 2.29. The summed E-state index contributed by atoms with van der Waals surface area (Å²) in [5.41, 5.74) is 0. The fourth-order valence-electron chi connectivity index (χ4n) is 3.45. The lowest BCUT2D eigenvalue weighted by Gasteiger charge is -2.38. The van der Waals surface area contributed by atoms with Crippen molar-refractivity contribution in [3.05, 3.63) is 0 Å². The van der Waals surface area contributed by atoms with Crippen molar-refractivity contribution in [3.63, 3.8) is 0 Å². The molecule has 1 heterocycles.